The van der Waals surface area contributed by atoms with Gasteiger partial charge in [-0.3, -0.25) is 4.90 Å². The number of piperidine rings is 1. The molecule has 0 aliphatic carbocycles. The first-order chi connectivity index (χ1) is 9.67. The molecule has 1 aromatic carbocycles. The molecule has 4 heteroatoms. The van der Waals surface area contributed by atoms with Gasteiger partial charge in [-0.25, -0.2) is 0 Å². The van der Waals surface area contributed by atoms with E-state index in [1.54, 1.807) is 7.11 Å². The van der Waals surface area contributed by atoms with Crippen LogP contribution in [0.15, 0.2) is 18.2 Å². The van der Waals surface area contributed by atoms with Crippen molar-refractivity contribution in [3.63, 3.8) is 0 Å². The maximum Gasteiger partial charge on any atom is 0.137 e. The van der Waals surface area contributed by atoms with E-state index in [1.165, 1.54) is 18.4 Å². The molecule has 112 valence electrons. The monoisotopic (exact) mass is 296 g/mol. The molecular weight excluding hydrogens is 272 g/mol. The van der Waals surface area contributed by atoms with Gasteiger partial charge in [0.15, 0.2) is 0 Å². The first-order valence-corrected chi connectivity index (χ1v) is 7.79. The standard InChI is InChI=1S/C16H25ClN2O/c1-4-18-11-13-6-5-9-19(2)16(13)12-7-8-15(20-3)14(17)10-12/h7-8,10,13,16,18H,4-6,9,11H2,1-3H3. The van der Waals surface area contributed by atoms with E-state index in [0.29, 0.717) is 17.0 Å². The number of methoxy groups -OCH3 is 1. The Morgan fingerprint density at radius 1 is 1.45 bits per heavy atom. The molecule has 0 amide bonds. The van der Waals surface area contributed by atoms with Gasteiger partial charge in [0.05, 0.1) is 12.1 Å². The molecule has 1 saturated heterocycles. The summed E-state index contributed by atoms with van der Waals surface area (Å²) in [6.07, 6.45) is 2.54. The number of rotatable bonds is 5. The van der Waals surface area contributed by atoms with Crippen LogP contribution >= 0.6 is 11.6 Å². The number of likely N-dealkylation sites (tertiary alicyclic amines) is 1. The van der Waals surface area contributed by atoms with Gasteiger partial charge in [-0.05, 0) is 63.1 Å². The van der Waals surface area contributed by atoms with Gasteiger partial charge in [-0.2, -0.15) is 0 Å². The summed E-state index contributed by atoms with van der Waals surface area (Å²) in [6, 6.07) is 6.62. The zero-order valence-corrected chi connectivity index (χ0v) is 13.4. The van der Waals surface area contributed by atoms with Crippen LogP contribution in [0, 0.1) is 5.92 Å². The van der Waals surface area contributed by atoms with Gasteiger partial charge in [-0.1, -0.05) is 24.6 Å². The van der Waals surface area contributed by atoms with Crippen molar-refractivity contribution in [2.75, 3.05) is 33.8 Å². The third kappa shape index (κ3) is 3.46. The number of halogens is 1. The lowest BCUT2D eigenvalue weighted by molar-refractivity contribution is 0.120. The fraction of sp³-hybridized carbons (Fsp3) is 0.625. The van der Waals surface area contributed by atoms with Crippen LogP contribution in [-0.2, 0) is 0 Å². The highest BCUT2D eigenvalue weighted by Gasteiger charge is 2.30. The largest absolute Gasteiger partial charge is 0.495 e. The molecule has 1 aromatic rings. The highest BCUT2D eigenvalue weighted by atomic mass is 35.5. The van der Waals surface area contributed by atoms with Crippen LogP contribution in [0.25, 0.3) is 0 Å². The van der Waals surface area contributed by atoms with Crippen LogP contribution < -0.4 is 10.1 Å². The first kappa shape index (κ1) is 15.6. The molecule has 20 heavy (non-hydrogen) atoms. The van der Waals surface area contributed by atoms with E-state index in [1.807, 2.05) is 6.07 Å². The van der Waals surface area contributed by atoms with Crippen molar-refractivity contribution < 1.29 is 4.74 Å². The fourth-order valence-electron chi connectivity index (χ4n) is 3.20. The summed E-state index contributed by atoms with van der Waals surface area (Å²) in [5.41, 5.74) is 1.29. The van der Waals surface area contributed by atoms with Crippen LogP contribution in [0.3, 0.4) is 0 Å². The zero-order chi connectivity index (χ0) is 14.5. The lowest BCUT2D eigenvalue weighted by atomic mass is 9.85. The Hall–Kier alpha value is -0.770. The molecule has 1 aliphatic heterocycles. The number of nitrogens with one attached hydrogen (secondary N) is 1. The summed E-state index contributed by atoms with van der Waals surface area (Å²) in [5, 5.41) is 4.19. The quantitative estimate of drug-likeness (QED) is 0.902. The van der Waals surface area contributed by atoms with Crippen molar-refractivity contribution in [1.29, 1.82) is 0 Å². The molecule has 0 radical (unpaired) electrons. The second-order valence-electron chi connectivity index (χ2n) is 5.53. The van der Waals surface area contributed by atoms with E-state index in [-0.39, 0.29) is 0 Å². The Kier molecular flexibility index (Phi) is 5.70. The molecule has 0 saturated carbocycles. The van der Waals surface area contributed by atoms with Crippen LogP contribution in [0.2, 0.25) is 5.02 Å². The van der Waals surface area contributed by atoms with Gasteiger partial charge >= 0.3 is 0 Å². The number of hydrogen-bond acceptors (Lipinski definition) is 3. The molecule has 0 spiro atoms. The fourth-order valence-corrected chi connectivity index (χ4v) is 3.46. The molecule has 1 aliphatic rings. The summed E-state index contributed by atoms with van der Waals surface area (Å²) in [4.78, 5) is 2.45. The number of ether oxygens (including phenoxy) is 1. The Labute approximate surface area is 127 Å². The molecular formula is C16H25ClN2O. The van der Waals surface area contributed by atoms with Crippen LogP contribution in [0.4, 0.5) is 0 Å². The summed E-state index contributed by atoms with van der Waals surface area (Å²) >= 11 is 6.29. The van der Waals surface area contributed by atoms with Gasteiger partial charge in [0.1, 0.15) is 5.75 Å². The Morgan fingerprint density at radius 2 is 2.25 bits per heavy atom. The average molecular weight is 297 g/mol. The molecule has 2 unspecified atom stereocenters. The molecule has 3 nitrogen and oxygen atoms in total. The highest BCUT2D eigenvalue weighted by molar-refractivity contribution is 6.32. The van der Waals surface area contributed by atoms with E-state index in [2.05, 4.69) is 36.3 Å². The third-order valence-corrected chi connectivity index (χ3v) is 4.48. The minimum absolute atomic E-state index is 0.436. The van der Waals surface area contributed by atoms with Crippen LogP contribution in [0.1, 0.15) is 31.4 Å². The van der Waals surface area contributed by atoms with Crippen molar-refractivity contribution in [1.82, 2.24) is 10.2 Å². The molecule has 1 heterocycles. The summed E-state index contributed by atoms with van der Waals surface area (Å²) < 4.78 is 5.25. The van der Waals surface area contributed by atoms with Crippen molar-refractivity contribution >= 4 is 11.6 Å². The van der Waals surface area contributed by atoms with Crippen molar-refractivity contribution in [3.05, 3.63) is 28.8 Å². The number of nitrogens with zero attached hydrogens (tertiary/aromatic N) is 1. The Balaban J connectivity index is 2.22. The topological polar surface area (TPSA) is 24.5 Å². The molecule has 1 N–H and O–H groups in total. The second-order valence-corrected chi connectivity index (χ2v) is 5.94. The first-order valence-electron chi connectivity index (χ1n) is 7.41. The smallest absolute Gasteiger partial charge is 0.137 e. The van der Waals surface area contributed by atoms with E-state index in [4.69, 9.17) is 16.3 Å². The molecule has 1 fully saturated rings. The maximum atomic E-state index is 6.29. The van der Waals surface area contributed by atoms with E-state index >= 15 is 0 Å². The molecule has 0 bridgehead atoms. The van der Waals surface area contributed by atoms with Gasteiger partial charge in [-0.15, -0.1) is 0 Å². The van der Waals surface area contributed by atoms with E-state index < -0.39 is 0 Å². The third-order valence-electron chi connectivity index (χ3n) is 4.18. The highest BCUT2D eigenvalue weighted by Crippen LogP contribution is 2.37. The number of hydrogen-bond donors (Lipinski definition) is 1. The predicted molar refractivity (Wildman–Crippen MR) is 84.6 cm³/mol. The zero-order valence-electron chi connectivity index (χ0n) is 12.7. The second kappa shape index (κ2) is 7.30. The van der Waals surface area contributed by atoms with Gasteiger partial charge in [0.2, 0.25) is 0 Å². The number of benzene rings is 1. The SMILES string of the molecule is CCNCC1CCCN(C)C1c1ccc(OC)c(Cl)c1. The van der Waals surface area contributed by atoms with Crippen molar-refractivity contribution in [2.45, 2.75) is 25.8 Å². The lowest BCUT2D eigenvalue weighted by Gasteiger charge is -2.40. The van der Waals surface area contributed by atoms with Gasteiger partial charge < -0.3 is 10.1 Å². The van der Waals surface area contributed by atoms with Crippen LogP contribution in [-0.4, -0.2) is 38.7 Å². The minimum atomic E-state index is 0.436. The molecule has 2 rings (SSSR count). The average Bonchev–Trinajstić information content (AvgIpc) is 2.45. The molecule has 2 atom stereocenters. The van der Waals surface area contributed by atoms with E-state index in [9.17, 15) is 0 Å². The minimum Gasteiger partial charge on any atom is -0.495 e. The van der Waals surface area contributed by atoms with Crippen molar-refractivity contribution in [2.24, 2.45) is 5.92 Å². The Morgan fingerprint density at radius 3 is 2.90 bits per heavy atom. The van der Waals surface area contributed by atoms with Gasteiger partial charge in [0, 0.05) is 6.04 Å². The molecule has 0 aromatic heterocycles. The van der Waals surface area contributed by atoms with E-state index in [0.717, 1.165) is 25.4 Å². The van der Waals surface area contributed by atoms with Crippen molar-refractivity contribution in [3.8, 4) is 5.75 Å². The lowest BCUT2D eigenvalue weighted by Crippen LogP contribution is -2.40. The normalized spacial score (nSPS) is 23.8. The van der Waals surface area contributed by atoms with Gasteiger partial charge in [0.25, 0.3) is 0 Å². The summed E-state index contributed by atoms with van der Waals surface area (Å²) in [7, 11) is 3.86. The summed E-state index contributed by atoms with van der Waals surface area (Å²) in [6.45, 7) is 5.40. The predicted octanol–water partition coefficient (Wildman–Crippen LogP) is 3.34. The van der Waals surface area contributed by atoms with Crippen LogP contribution in [0.5, 0.6) is 5.75 Å². The maximum absolute atomic E-state index is 6.29. The Bertz CT molecular complexity index is 438. The summed E-state index contributed by atoms with van der Waals surface area (Å²) in [5.74, 6) is 1.38.